The van der Waals surface area contributed by atoms with Crippen LogP contribution in [-0.4, -0.2) is 19.7 Å². The second-order valence-electron chi connectivity index (χ2n) is 5.96. The SMILES string of the molecule is Cc1ccc(-c2cnc3cc(C)nn3c2-c2ccccc2O)cc1. The van der Waals surface area contributed by atoms with E-state index < -0.39 is 0 Å². The molecule has 2 aromatic heterocycles. The summed E-state index contributed by atoms with van der Waals surface area (Å²) in [6, 6.07) is 17.5. The number of phenols is 1. The minimum absolute atomic E-state index is 0.228. The Labute approximate surface area is 140 Å². The van der Waals surface area contributed by atoms with Crippen molar-refractivity contribution in [3.63, 3.8) is 0 Å². The summed E-state index contributed by atoms with van der Waals surface area (Å²) in [5.74, 6) is 0.228. The first kappa shape index (κ1) is 14.5. The second-order valence-corrected chi connectivity index (χ2v) is 5.96. The van der Waals surface area contributed by atoms with E-state index in [4.69, 9.17) is 0 Å². The maximum atomic E-state index is 10.4. The number of benzene rings is 2. The van der Waals surface area contributed by atoms with Gasteiger partial charge in [0.1, 0.15) is 5.75 Å². The van der Waals surface area contributed by atoms with E-state index in [9.17, 15) is 5.11 Å². The number of rotatable bonds is 2. The van der Waals surface area contributed by atoms with Crippen LogP contribution in [0.4, 0.5) is 0 Å². The van der Waals surface area contributed by atoms with Gasteiger partial charge in [-0.3, -0.25) is 0 Å². The fraction of sp³-hybridized carbons (Fsp3) is 0.100. The summed E-state index contributed by atoms with van der Waals surface area (Å²) in [6.45, 7) is 4.00. The van der Waals surface area contributed by atoms with Crippen molar-refractivity contribution in [2.75, 3.05) is 0 Å². The van der Waals surface area contributed by atoms with Gasteiger partial charge in [0.25, 0.3) is 0 Å². The Morgan fingerprint density at radius 2 is 1.67 bits per heavy atom. The van der Waals surface area contributed by atoms with Crippen molar-refractivity contribution in [3.8, 4) is 28.1 Å². The van der Waals surface area contributed by atoms with Crippen LogP contribution in [0.15, 0.2) is 60.8 Å². The third-order valence-electron chi connectivity index (χ3n) is 4.13. The van der Waals surface area contributed by atoms with Crippen LogP contribution in [0.5, 0.6) is 5.75 Å². The lowest BCUT2D eigenvalue weighted by molar-refractivity contribution is 0.477. The zero-order chi connectivity index (χ0) is 16.7. The fourth-order valence-electron chi connectivity index (χ4n) is 2.93. The lowest BCUT2D eigenvalue weighted by Crippen LogP contribution is -2.00. The monoisotopic (exact) mass is 315 g/mol. The van der Waals surface area contributed by atoms with E-state index in [1.165, 1.54) is 5.56 Å². The van der Waals surface area contributed by atoms with Crippen LogP contribution in [0, 0.1) is 13.8 Å². The maximum Gasteiger partial charge on any atom is 0.155 e. The van der Waals surface area contributed by atoms with Gasteiger partial charge in [0, 0.05) is 23.4 Å². The molecule has 0 saturated heterocycles. The molecule has 0 spiro atoms. The van der Waals surface area contributed by atoms with E-state index in [2.05, 4.69) is 41.3 Å². The Bertz CT molecular complexity index is 1030. The van der Waals surface area contributed by atoms with Crippen molar-refractivity contribution in [1.29, 1.82) is 0 Å². The van der Waals surface area contributed by atoms with Crippen molar-refractivity contribution < 1.29 is 5.11 Å². The summed E-state index contributed by atoms with van der Waals surface area (Å²) in [6.07, 6.45) is 1.85. The Morgan fingerprint density at radius 1 is 0.917 bits per heavy atom. The van der Waals surface area contributed by atoms with Crippen LogP contribution in [0.3, 0.4) is 0 Å². The molecule has 4 heteroatoms. The number of aromatic nitrogens is 3. The molecule has 4 aromatic rings. The molecule has 24 heavy (non-hydrogen) atoms. The van der Waals surface area contributed by atoms with Gasteiger partial charge >= 0.3 is 0 Å². The molecule has 0 aliphatic rings. The van der Waals surface area contributed by atoms with Gasteiger partial charge in [-0.15, -0.1) is 0 Å². The summed E-state index contributed by atoms with van der Waals surface area (Å²) >= 11 is 0. The third kappa shape index (κ3) is 2.33. The van der Waals surface area contributed by atoms with E-state index in [1.54, 1.807) is 10.6 Å². The number of para-hydroxylation sites is 1. The lowest BCUT2D eigenvalue weighted by Gasteiger charge is -2.13. The number of fused-ring (bicyclic) bond motifs is 1. The zero-order valence-corrected chi connectivity index (χ0v) is 13.6. The van der Waals surface area contributed by atoms with Gasteiger partial charge in [-0.1, -0.05) is 42.0 Å². The maximum absolute atomic E-state index is 10.4. The normalized spacial score (nSPS) is 11.1. The average Bonchev–Trinajstić information content (AvgIpc) is 2.96. The van der Waals surface area contributed by atoms with Crippen LogP contribution in [0.25, 0.3) is 28.0 Å². The predicted octanol–water partition coefficient (Wildman–Crippen LogP) is 4.39. The van der Waals surface area contributed by atoms with Crippen molar-refractivity contribution in [1.82, 2.24) is 14.6 Å². The van der Waals surface area contributed by atoms with Crippen LogP contribution in [0.2, 0.25) is 0 Å². The van der Waals surface area contributed by atoms with Gasteiger partial charge in [-0.2, -0.15) is 5.10 Å². The zero-order valence-electron chi connectivity index (χ0n) is 13.6. The first-order valence-corrected chi connectivity index (χ1v) is 7.84. The third-order valence-corrected chi connectivity index (χ3v) is 4.13. The van der Waals surface area contributed by atoms with Gasteiger partial charge in [-0.05, 0) is 31.5 Å². The Hall–Kier alpha value is -3.14. The second kappa shape index (κ2) is 5.49. The molecule has 0 atom stereocenters. The molecule has 1 N–H and O–H groups in total. The van der Waals surface area contributed by atoms with E-state index in [0.29, 0.717) is 0 Å². The number of aromatic hydroxyl groups is 1. The predicted molar refractivity (Wildman–Crippen MR) is 95.0 cm³/mol. The van der Waals surface area contributed by atoms with Crippen LogP contribution in [0.1, 0.15) is 11.3 Å². The molecule has 4 nitrogen and oxygen atoms in total. The van der Waals surface area contributed by atoms with E-state index in [-0.39, 0.29) is 5.75 Å². The molecule has 0 bridgehead atoms. The minimum Gasteiger partial charge on any atom is -0.507 e. The van der Waals surface area contributed by atoms with E-state index in [1.807, 2.05) is 37.4 Å². The Morgan fingerprint density at radius 3 is 2.42 bits per heavy atom. The standard InChI is InChI=1S/C20H17N3O/c1-13-7-9-15(10-8-13)17-12-21-19-11-14(2)22-23(19)20(17)16-5-3-4-6-18(16)24/h3-12,24H,1-2H3. The Kier molecular flexibility index (Phi) is 3.31. The van der Waals surface area contributed by atoms with Gasteiger partial charge in [-0.25, -0.2) is 9.50 Å². The van der Waals surface area contributed by atoms with Gasteiger partial charge < -0.3 is 5.11 Å². The molecule has 0 unspecified atom stereocenters. The lowest BCUT2D eigenvalue weighted by atomic mass is 9.99. The summed E-state index contributed by atoms with van der Waals surface area (Å²) < 4.78 is 1.81. The van der Waals surface area contributed by atoms with Gasteiger partial charge in [0.05, 0.1) is 11.4 Å². The minimum atomic E-state index is 0.228. The fourth-order valence-corrected chi connectivity index (χ4v) is 2.93. The summed E-state index contributed by atoms with van der Waals surface area (Å²) in [5.41, 5.74) is 6.42. The topological polar surface area (TPSA) is 50.4 Å². The summed E-state index contributed by atoms with van der Waals surface area (Å²) in [4.78, 5) is 4.54. The molecular weight excluding hydrogens is 298 g/mol. The molecule has 0 fully saturated rings. The van der Waals surface area contributed by atoms with Gasteiger partial charge in [0.2, 0.25) is 0 Å². The molecule has 0 aliphatic heterocycles. The van der Waals surface area contributed by atoms with Crippen molar-refractivity contribution in [2.24, 2.45) is 0 Å². The number of nitrogens with zero attached hydrogens (tertiary/aromatic N) is 3. The van der Waals surface area contributed by atoms with Crippen LogP contribution < -0.4 is 0 Å². The highest BCUT2D eigenvalue weighted by Gasteiger charge is 2.17. The molecule has 4 rings (SSSR count). The molecule has 2 aromatic carbocycles. The largest absolute Gasteiger partial charge is 0.507 e. The quantitative estimate of drug-likeness (QED) is 0.597. The number of aryl methyl sites for hydroxylation is 2. The first-order chi connectivity index (χ1) is 11.6. The van der Waals surface area contributed by atoms with Crippen molar-refractivity contribution in [2.45, 2.75) is 13.8 Å². The highest BCUT2D eigenvalue weighted by Crippen LogP contribution is 2.36. The molecule has 0 saturated carbocycles. The van der Waals surface area contributed by atoms with Crippen molar-refractivity contribution >= 4 is 5.65 Å². The van der Waals surface area contributed by atoms with Crippen LogP contribution >= 0.6 is 0 Å². The molecule has 118 valence electrons. The summed E-state index contributed by atoms with van der Waals surface area (Å²) in [5, 5.41) is 15.0. The van der Waals surface area contributed by atoms with Gasteiger partial charge in [0.15, 0.2) is 5.65 Å². The highest BCUT2D eigenvalue weighted by atomic mass is 16.3. The van der Waals surface area contributed by atoms with E-state index in [0.717, 1.165) is 33.7 Å². The molecule has 0 aliphatic carbocycles. The highest BCUT2D eigenvalue weighted by molar-refractivity contribution is 5.84. The summed E-state index contributed by atoms with van der Waals surface area (Å²) in [7, 11) is 0. The smallest absolute Gasteiger partial charge is 0.155 e. The first-order valence-electron chi connectivity index (χ1n) is 7.84. The van der Waals surface area contributed by atoms with Crippen molar-refractivity contribution in [3.05, 3.63) is 72.1 Å². The number of phenolic OH excluding ortho intramolecular Hbond substituents is 1. The van der Waals surface area contributed by atoms with E-state index >= 15 is 0 Å². The molecule has 0 amide bonds. The Balaban J connectivity index is 2.09. The van der Waals surface area contributed by atoms with Crippen LogP contribution in [-0.2, 0) is 0 Å². The molecule has 2 heterocycles. The number of hydrogen-bond acceptors (Lipinski definition) is 3. The number of hydrogen-bond donors (Lipinski definition) is 1. The average molecular weight is 315 g/mol. The molecule has 0 radical (unpaired) electrons. The molecular formula is C20H17N3O.